The van der Waals surface area contributed by atoms with Crippen LogP contribution < -0.4 is 14.8 Å². The van der Waals surface area contributed by atoms with E-state index in [1.54, 1.807) is 0 Å². The lowest BCUT2D eigenvalue weighted by Crippen LogP contribution is -2.13. The van der Waals surface area contributed by atoms with E-state index in [0.29, 0.717) is 13.1 Å². The Labute approximate surface area is 82.1 Å². The van der Waals surface area contributed by atoms with E-state index >= 15 is 0 Å². The number of hydrogen-bond acceptors (Lipinski definition) is 4. The molecule has 2 rings (SSSR count). The Kier molecular flexibility index (Phi) is 2.52. The Bertz CT molecular complexity index is 371. The fourth-order valence-corrected chi connectivity index (χ4v) is 1.38. The van der Waals surface area contributed by atoms with Crippen molar-refractivity contribution in [3.8, 4) is 17.6 Å². The van der Waals surface area contributed by atoms with Crippen LogP contribution in [0.3, 0.4) is 0 Å². The summed E-state index contributed by atoms with van der Waals surface area (Å²) >= 11 is 0. The van der Waals surface area contributed by atoms with Crippen LogP contribution in [0.15, 0.2) is 18.2 Å². The van der Waals surface area contributed by atoms with Crippen LogP contribution in [0.5, 0.6) is 11.5 Å². The normalized spacial score (nSPS) is 12.5. The van der Waals surface area contributed by atoms with Crippen LogP contribution in [-0.2, 0) is 6.54 Å². The van der Waals surface area contributed by atoms with Crippen molar-refractivity contribution >= 4 is 0 Å². The van der Waals surface area contributed by atoms with Crippen LogP contribution in [0.1, 0.15) is 5.56 Å². The highest BCUT2D eigenvalue weighted by molar-refractivity contribution is 5.48. The first-order chi connectivity index (χ1) is 6.92. The second kappa shape index (κ2) is 3.99. The van der Waals surface area contributed by atoms with Crippen LogP contribution in [0.4, 0.5) is 0 Å². The van der Waals surface area contributed by atoms with E-state index in [4.69, 9.17) is 14.7 Å². The molecule has 1 heterocycles. The van der Waals surface area contributed by atoms with E-state index in [9.17, 15) is 0 Å². The standard InChI is InChI=1S/C10H10N2O2/c11-4-5-12-6-8-2-1-3-9-10(8)14-7-13-9/h1-3,12H,5-7H2. The van der Waals surface area contributed by atoms with Gasteiger partial charge in [-0.05, 0) is 6.07 Å². The third-order valence-corrected chi connectivity index (χ3v) is 2.00. The third-order valence-electron chi connectivity index (χ3n) is 2.00. The number of nitrogens with one attached hydrogen (secondary N) is 1. The molecule has 0 saturated carbocycles. The monoisotopic (exact) mass is 190 g/mol. The molecule has 1 N–H and O–H groups in total. The molecule has 1 aromatic carbocycles. The average Bonchev–Trinajstić information content (AvgIpc) is 2.67. The van der Waals surface area contributed by atoms with Gasteiger partial charge >= 0.3 is 0 Å². The number of ether oxygens (including phenoxy) is 2. The Morgan fingerprint density at radius 1 is 1.43 bits per heavy atom. The lowest BCUT2D eigenvalue weighted by molar-refractivity contribution is 0.173. The van der Waals surface area contributed by atoms with Gasteiger partial charge in [0.1, 0.15) is 0 Å². The van der Waals surface area contributed by atoms with Crippen LogP contribution in [0, 0.1) is 11.3 Å². The van der Waals surface area contributed by atoms with E-state index < -0.39 is 0 Å². The molecule has 72 valence electrons. The highest BCUT2D eigenvalue weighted by atomic mass is 16.7. The zero-order chi connectivity index (χ0) is 9.80. The van der Waals surface area contributed by atoms with Crippen LogP contribution in [0.2, 0.25) is 0 Å². The fraction of sp³-hybridized carbons (Fsp3) is 0.300. The number of nitriles is 1. The number of rotatable bonds is 3. The SMILES string of the molecule is N#CCNCc1cccc2c1OCO2. The minimum atomic E-state index is 0.282. The molecule has 0 amide bonds. The average molecular weight is 190 g/mol. The molecule has 4 heteroatoms. The molecule has 0 aliphatic carbocycles. The summed E-state index contributed by atoms with van der Waals surface area (Å²) in [5.74, 6) is 1.57. The third kappa shape index (κ3) is 1.63. The highest BCUT2D eigenvalue weighted by Gasteiger charge is 2.16. The summed E-state index contributed by atoms with van der Waals surface area (Å²) in [6.45, 7) is 1.25. The van der Waals surface area contributed by atoms with Crippen molar-refractivity contribution in [1.29, 1.82) is 5.26 Å². The summed E-state index contributed by atoms with van der Waals surface area (Å²) in [6, 6.07) is 7.76. The summed E-state index contributed by atoms with van der Waals surface area (Å²) in [5.41, 5.74) is 1.02. The molecule has 0 spiro atoms. The molecule has 0 aromatic heterocycles. The summed E-state index contributed by atoms with van der Waals surface area (Å²) in [7, 11) is 0. The predicted octanol–water partition coefficient (Wildman–Crippen LogP) is 1.03. The van der Waals surface area contributed by atoms with E-state index in [0.717, 1.165) is 17.1 Å². The second-order valence-corrected chi connectivity index (χ2v) is 2.91. The van der Waals surface area contributed by atoms with Gasteiger partial charge in [0.05, 0.1) is 12.6 Å². The van der Waals surface area contributed by atoms with Crippen LogP contribution in [0.25, 0.3) is 0 Å². The Hall–Kier alpha value is -1.73. The fourth-order valence-electron chi connectivity index (χ4n) is 1.38. The molecule has 0 bridgehead atoms. The van der Waals surface area contributed by atoms with Crippen molar-refractivity contribution in [2.24, 2.45) is 0 Å². The van der Waals surface area contributed by atoms with Gasteiger partial charge in [-0.2, -0.15) is 5.26 Å². The van der Waals surface area contributed by atoms with Crippen LogP contribution >= 0.6 is 0 Å². The lowest BCUT2D eigenvalue weighted by atomic mass is 10.2. The molecular formula is C10H10N2O2. The molecule has 0 unspecified atom stereocenters. The molecule has 1 aliphatic rings. The largest absolute Gasteiger partial charge is 0.454 e. The van der Waals surface area contributed by atoms with Gasteiger partial charge in [-0.15, -0.1) is 0 Å². The Balaban J connectivity index is 2.11. The number of hydrogen-bond donors (Lipinski definition) is 1. The van der Waals surface area contributed by atoms with E-state index in [1.807, 2.05) is 24.3 Å². The number of benzene rings is 1. The van der Waals surface area contributed by atoms with Gasteiger partial charge < -0.3 is 14.8 Å². The zero-order valence-corrected chi connectivity index (χ0v) is 7.62. The van der Waals surface area contributed by atoms with Crippen molar-refractivity contribution in [3.63, 3.8) is 0 Å². The second-order valence-electron chi connectivity index (χ2n) is 2.91. The first-order valence-electron chi connectivity index (χ1n) is 4.37. The number of nitrogens with zero attached hydrogens (tertiary/aromatic N) is 1. The first kappa shape index (κ1) is 8.85. The summed E-state index contributed by atoms with van der Waals surface area (Å²) in [5, 5.41) is 11.4. The molecule has 0 saturated heterocycles. The van der Waals surface area contributed by atoms with Gasteiger partial charge in [0, 0.05) is 12.1 Å². The van der Waals surface area contributed by atoms with Crippen molar-refractivity contribution in [2.75, 3.05) is 13.3 Å². The van der Waals surface area contributed by atoms with Crippen LogP contribution in [-0.4, -0.2) is 13.3 Å². The molecule has 0 radical (unpaired) electrons. The zero-order valence-electron chi connectivity index (χ0n) is 7.62. The van der Waals surface area contributed by atoms with Gasteiger partial charge in [0.25, 0.3) is 0 Å². The van der Waals surface area contributed by atoms with Gasteiger partial charge in [-0.1, -0.05) is 12.1 Å². The Morgan fingerprint density at radius 2 is 2.36 bits per heavy atom. The molecule has 0 atom stereocenters. The molecule has 0 fully saturated rings. The topological polar surface area (TPSA) is 54.3 Å². The quantitative estimate of drug-likeness (QED) is 0.571. The molecule has 14 heavy (non-hydrogen) atoms. The minimum Gasteiger partial charge on any atom is -0.454 e. The van der Waals surface area contributed by atoms with Crippen molar-refractivity contribution in [2.45, 2.75) is 6.54 Å². The van der Waals surface area contributed by atoms with Gasteiger partial charge in [-0.3, -0.25) is 0 Å². The summed E-state index contributed by atoms with van der Waals surface area (Å²) < 4.78 is 10.5. The maximum atomic E-state index is 8.37. The molecule has 4 nitrogen and oxygen atoms in total. The summed E-state index contributed by atoms with van der Waals surface area (Å²) in [6.07, 6.45) is 0. The summed E-state index contributed by atoms with van der Waals surface area (Å²) in [4.78, 5) is 0. The number of para-hydroxylation sites is 1. The van der Waals surface area contributed by atoms with Gasteiger partial charge in [0.15, 0.2) is 11.5 Å². The van der Waals surface area contributed by atoms with E-state index in [2.05, 4.69) is 5.32 Å². The van der Waals surface area contributed by atoms with Crippen molar-refractivity contribution in [3.05, 3.63) is 23.8 Å². The Morgan fingerprint density at radius 3 is 3.21 bits per heavy atom. The highest BCUT2D eigenvalue weighted by Crippen LogP contribution is 2.34. The lowest BCUT2D eigenvalue weighted by Gasteiger charge is -2.04. The van der Waals surface area contributed by atoms with E-state index in [1.165, 1.54) is 0 Å². The molecule has 1 aliphatic heterocycles. The minimum absolute atomic E-state index is 0.282. The molecule has 1 aromatic rings. The maximum Gasteiger partial charge on any atom is 0.231 e. The van der Waals surface area contributed by atoms with E-state index in [-0.39, 0.29) is 6.79 Å². The number of fused-ring (bicyclic) bond motifs is 1. The van der Waals surface area contributed by atoms with Gasteiger partial charge in [0.2, 0.25) is 6.79 Å². The van der Waals surface area contributed by atoms with Gasteiger partial charge in [-0.25, -0.2) is 0 Å². The smallest absolute Gasteiger partial charge is 0.231 e. The molecular weight excluding hydrogens is 180 g/mol. The maximum absolute atomic E-state index is 8.37. The first-order valence-corrected chi connectivity index (χ1v) is 4.37. The predicted molar refractivity (Wildman–Crippen MR) is 49.9 cm³/mol. The van der Waals surface area contributed by atoms with Crippen molar-refractivity contribution in [1.82, 2.24) is 5.32 Å². The van der Waals surface area contributed by atoms with Crippen molar-refractivity contribution < 1.29 is 9.47 Å².